The van der Waals surface area contributed by atoms with Crippen LogP contribution in [0.3, 0.4) is 0 Å². The van der Waals surface area contributed by atoms with E-state index in [2.05, 4.69) is 15.3 Å². The maximum Gasteiger partial charge on any atom is 0.240 e. The highest BCUT2D eigenvalue weighted by atomic mass is 16.5. The van der Waals surface area contributed by atoms with Crippen molar-refractivity contribution in [3.05, 3.63) is 24.3 Å². The van der Waals surface area contributed by atoms with Crippen LogP contribution in [0.25, 0.3) is 0 Å². The summed E-state index contributed by atoms with van der Waals surface area (Å²) >= 11 is 0. The Morgan fingerprint density at radius 2 is 1.88 bits per heavy atom. The zero-order chi connectivity index (χ0) is 17.5. The van der Waals surface area contributed by atoms with Gasteiger partial charge in [0.2, 0.25) is 11.8 Å². The van der Waals surface area contributed by atoms with Crippen molar-refractivity contribution in [1.29, 1.82) is 0 Å². The summed E-state index contributed by atoms with van der Waals surface area (Å²) in [5, 5.41) is 3.11. The van der Waals surface area contributed by atoms with E-state index in [-0.39, 0.29) is 18.4 Å². The van der Waals surface area contributed by atoms with E-state index in [0.29, 0.717) is 44.8 Å². The third-order valence-electron chi connectivity index (χ3n) is 4.97. The van der Waals surface area contributed by atoms with E-state index in [1.54, 1.807) is 23.4 Å². The molecule has 0 saturated carbocycles. The van der Waals surface area contributed by atoms with Crippen LogP contribution < -0.4 is 5.32 Å². The molecule has 3 rings (SSSR count). The molecule has 0 aliphatic carbocycles. The highest BCUT2D eigenvalue weighted by molar-refractivity contribution is 5.85. The first-order valence-corrected chi connectivity index (χ1v) is 9.14. The maximum atomic E-state index is 12.7. The van der Waals surface area contributed by atoms with E-state index in [1.807, 2.05) is 0 Å². The Balaban J connectivity index is 1.69. The van der Waals surface area contributed by atoms with Crippen LogP contribution in [0.15, 0.2) is 18.5 Å². The van der Waals surface area contributed by atoms with Crippen LogP contribution in [0.5, 0.6) is 0 Å². The second-order valence-electron chi connectivity index (χ2n) is 6.79. The van der Waals surface area contributed by atoms with Gasteiger partial charge in [0.05, 0.1) is 6.54 Å². The van der Waals surface area contributed by atoms with Crippen LogP contribution in [0.1, 0.15) is 50.8 Å². The summed E-state index contributed by atoms with van der Waals surface area (Å²) in [5.41, 5.74) is -0.609. The normalized spacial score (nSPS) is 21.3. The SMILES string of the molecule is O=C(CN1CCCCCCC1=O)NC1(c2ncccn2)CCOCC1. The van der Waals surface area contributed by atoms with Gasteiger partial charge >= 0.3 is 0 Å². The molecule has 2 fully saturated rings. The van der Waals surface area contributed by atoms with Gasteiger partial charge in [0.15, 0.2) is 5.82 Å². The maximum absolute atomic E-state index is 12.7. The minimum Gasteiger partial charge on any atom is -0.381 e. The lowest BCUT2D eigenvalue weighted by atomic mass is 9.88. The fraction of sp³-hybridized carbons (Fsp3) is 0.667. The van der Waals surface area contributed by atoms with Crippen LogP contribution in [0.4, 0.5) is 0 Å². The molecule has 2 aliphatic heterocycles. The Hall–Kier alpha value is -2.02. The number of ether oxygens (including phenoxy) is 1. The van der Waals surface area contributed by atoms with Gasteiger partial charge in [0.1, 0.15) is 5.54 Å². The highest BCUT2D eigenvalue weighted by Gasteiger charge is 2.39. The standard InChI is InChI=1S/C18H26N4O3/c23-15(14-22-11-4-2-1-3-6-16(22)24)21-18(7-12-25-13-8-18)17-19-9-5-10-20-17/h5,9-10H,1-4,6-8,11-14H2,(H,21,23). The van der Waals surface area contributed by atoms with Gasteiger partial charge in [-0.1, -0.05) is 12.8 Å². The molecule has 136 valence electrons. The molecule has 0 bridgehead atoms. The molecule has 7 heteroatoms. The van der Waals surface area contributed by atoms with E-state index >= 15 is 0 Å². The lowest BCUT2D eigenvalue weighted by molar-refractivity contribution is -0.137. The monoisotopic (exact) mass is 346 g/mol. The Labute approximate surface area is 148 Å². The van der Waals surface area contributed by atoms with Crippen molar-refractivity contribution in [3.63, 3.8) is 0 Å². The van der Waals surface area contributed by atoms with Crippen molar-refractivity contribution in [3.8, 4) is 0 Å². The molecule has 0 spiro atoms. The molecule has 25 heavy (non-hydrogen) atoms. The topological polar surface area (TPSA) is 84.4 Å². The molecule has 0 unspecified atom stereocenters. The molecule has 1 aromatic rings. The molecule has 1 aromatic heterocycles. The van der Waals surface area contributed by atoms with Gasteiger partial charge in [-0.25, -0.2) is 9.97 Å². The van der Waals surface area contributed by atoms with E-state index < -0.39 is 5.54 Å². The average Bonchev–Trinajstić information content (AvgIpc) is 2.63. The number of nitrogens with zero attached hydrogens (tertiary/aromatic N) is 3. The number of hydrogen-bond donors (Lipinski definition) is 1. The Kier molecular flexibility index (Phi) is 5.96. The lowest BCUT2D eigenvalue weighted by Crippen LogP contribution is -2.53. The average molecular weight is 346 g/mol. The van der Waals surface area contributed by atoms with Crippen molar-refractivity contribution in [1.82, 2.24) is 20.2 Å². The third kappa shape index (κ3) is 4.54. The van der Waals surface area contributed by atoms with E-state index in [1.165, 1.54) is 0 Å². The third-order valence-corrected chi connectivity index (χ3v) is 4.97. The number of carbonyl (C=O) groups excluding carboxylic acids is 2. The van der Waals surface area contributed by atoms with Crippen LogP contribution in [-0.2, 0) is 19.9 Å². The Bertz CT molecular complexity index is 587. The van der Waals surface area contributed by atoms with Crippen LogP contribution in [0.2, 0.25) is 0 Å². The summed E-state index contributed by atoms with van der Waals surface area (Å²) in [4.78, 5) is 35.3. The van der Waals surface area contributed by atoms with Gasteiger partial charge in [-0.2, -0.15) is 0 Å². The largest absolute Gasteiger partial charge is 0.381 e. The van der Waals surface area contributed by atoms with Crippen LogP contribution >= 0.6 is 0 Å². The number of hydrogen-bond acceptors (Lipinski definition) is 5. The molecule has 1 N–H and O–H groups in total. The van der Waals surface area contributed by atoms with Gasteiger partial charge in [0.25, 0.3) is 0 Å². The number of aromatic nitrogens is 2. The first-order chi connectivity index (χ1) is 12.2. The molecule has 0 radical (unpaired) electrons. The van der Waals surface area contributed by atoms with E-state index in [9.17, 15) is 9.59 Å². The number of likely N-dealkylation sites (tertiary alicyclic amines) is 1. The summed E-state index contributed by atoms with van der Waals surface area (Å²) in [5.74, 6) is 0.542. The zero-order valence-corrected chi connectivity index (χ0v) is 14.6. The lowest BCUT2D eigenvalue weighted by Gasteiger charge is -2.37. The molecule has 0 atom stereocenters. The van der Waals surface area contributed by atoms with Crippen molar-refractivity contribution >= 4 is 11.8 Å². The van der Waals surface area contributed by atoms with Gasteiger partial charge in [-0.3, -0.25) is 9.59 Å². The molecule has 7 nitrogen and oxygen atoms in total. The van der Waals surface area contributed by atoms with Gasteiger partial charge < -0.3 is 15.0 Å². The fourth-order valence-corrected chi connectivity index (χ4v) is 3.53. The minimum atomic E-state index is -0.609. The second kappa shape index (κ2) is 8.38. The van der Waals surface area contributed by atoms with Gasteiger partial charge in [-0.15, -0.1) is 0 Å². The van der Waals surface area contributed by atoms with E-state index in [4.69, 9.17) is 4.74 Å². The number of amides is 2. The van der Waals surface area contributed by atoms with Crippen LogP contribution in [0, 0.1) is 0 Å². The van der Waals surface area contributed by atoms with E-state index in [0.717, 1.165) is 25.7 Å². The quantitative estimate of drug-likeness (QED) is 0.891. The molecule has 2 amide bonds. The first kappa shape index (κ1) is 17.8. The second-order valence-corrected chi connectivity index (χ2v) is 6.79. The summed E-state index contributed by atoms with van der Waals surface area (Å²) in [7, 11) is 0. The van der Waals surface area contributed by atoms with Crippen molar-refractivity contribution in [2.75, 3.05) is 26.3 Å². The Morgan fingerprint density at radius 3 is 2.64 bits per heavy atom. The summed E-state index contributed by atoms with van der Waals surface area (Å²) in [6.07, 6.45) is 9.27. The summed E-state index contributed by atoms with van der Waals surface area (Å²) < 4.78 is 5.45. The Morgan fingerprint density at radius 1 is 1.16 bits per heavy atom. The minimum absolute atomic E-state index is 0.0758. The predicted octanol–water partition coefficient (Wildman–Crippen LogP) is 1.39. The fourth-order valence-electron chi connectivity index (χ4n) is 3.53. The van der Waals surface area contributed by atoms with Crippen molar-refractivity contribution < 1.29 is 14.3 Å². The first-order valence-electron chi connectivity index (χ1n) is 9.14. The van der Waals surface area contributed by atoms with Gasteiger partial charge in [-0.05, 0) is 18.9 Å². The highest BCUT2D eigenvalue weighted by Crippen LogP contribution is 2.29. The molecule has 0 aromatic carbocycles. The molecule has 2 aliphatic rings. The van der Waals surface area contributed by atoms with Crippen molar-refractivity contribution in [2.24, 2.45) is 0 Å². The molecular formula is C18H26N4O3. The summed E-state index contributed by atoms with van der Waals surface area (Å²) in [6, 6.07) is 1.76. The predicted molar refractivity (Wildman–Crippen MR) is 91.6 cm³/mol. The smallest absolute Gasteiger partial charge is 0.240 e. The van der Waals surface area contributed by atoms with Gasteiger partial charge in [0, 0.05) is 51.4 Å². The van der Waals surface area contributed by atoms with Crippen molar-refractivity contribution in [2.45, 2.75) is 50.5 Å². The number of carbonyl (C=O) groups is 2. The molecule has 2 saturated heterocycles. The molecular weight excluding hydrogens is 320 g/mol. The molecule has 3 heterocycles. The number of nitrogens with one attached hydrogen (secondary N) is 1. The zero-order valence-electron chi connectivity index (χ0n) is 14.6. The van der Waals surface area contributed by atoms with Crippen LogP contribution in [-0.4, -0.2) is 53.0 Å². The summed E-state index contributed by atoms with van der Waals surface area (Å²) in [6.45, 7) is 1.88. The number of rotatable bonds is 4.